The van der Waals surface area contributed by atoms with Gasteiger partial charge in [0.15, 0.2) is 0 Å². The molecule has 0 bridgehead atoms. The van der Waals surface area contributed by atoms with Crippen molar-refractivity contribution in [3.8, 4) is 6.07 Å². The fraction of sp³-hybridized carbons (Fsp3) is 0.417. The van der Waals surface area contributed by atoms with Gasteiger partial charge in [-0.3, -0.25) is 4.98 Å². The van der Waals surface area contributed by atoms with Gasteiger partial charge in [-0.15, -0.1) is 0 Å². The predicted octanol–water partition coefficient (Wildman–Crippen LogP) is 5.71. The lowest BCUT2D eigenvalue weighted by molar-refractivity contribution is 0.0513. The molecule has 1 aliphatic rings. The molecule has 1 aromatic carbocycles. The monoisotopic (exact) mass is 413 g/mol. The zero-order chi connectivity index (χ0) is 22.4. The highest BCUT2D eigenvalue weighted by Gasteiger charge is 2.22. The average molecular weight is 414 g/mol. The second-order valence-electron chi connectivity index (χ2n) is 7.84. The molecular weight excluding hydrogens is 384 g/mol. The van der Waals surface area contributed by atoms with Crippen LogP contribution in [0.25, 0.3) is 5.57 Å². The predicted molar refractivity (Wildman–Crippen MR) is 116 cm³/mol. The van der Waals surface area contributed by atoms with E-state index < -0.39 is 6.43 Å². The van der Waals surface area contributed by atoms with E-state index in [9.17, 15) is 14.0 Å². The molecule has 0 spiro atoms. The number of anilines is 1. The third-order valence-electron chi connectivity index (χ3n) is 5.27. The summed E-state index contributed by atoms with van der Waals surface area (Å²) < 4.78 is 27.1. The van der Waals surface area contributed by atoms with E-state index in [1.54, 1.807) is 6.07 Å². The Morgan fingerprint density at radius 3 is 2.40 bits per heavy atom. The van der Waals surface area contributed by atoms with E-state index in [0.717, 1.165) is 35.4 Å². The summed E-state index contributed by atoms with van der Waals surface area (Å²) in [6.45, 7) is 7.84. The highest BCUT2D eigenvalue weighted by atomic mass is 19.3. The van der Waals surface area contributed by atoms with Crippen molar-refractivity contribution in [3.05, 3.63) is 64.0 Å². The van der Waals surface area contributed by atoms with E-state index in [4.69, 9.17) is 10.8 Å². The zero-order valence-electron chi connectivity index (χ0n) is 17.9. The Labute approximate surface area is 177 Å². The summed E-state index contributed by atoms with van der Waals surface area (Å²) in [6, 6.07) is 5.77. The van der Waals surface area contributed by atoms with Crippen molar-refractivity contribution in [2.24, 2.45) is 5.92 Å². The fourth-order valence-electron chi connectivity index (χ4n) is 3.64. The molecule has 0 radical (unpaired) electrons. The Morgan fingerprint density at radius 1 is 1.27 bits per heavy atom. The van der Waals surface area contributed by atoms with Gasteiger partial charge in [-0.25, -0.2) is 8.78 Å². The van der Waals surface area contributed by atoms with Crippen molar-refractivity contribution in [2.75, 3.05) is 5.73 Å². The summed E-state index contributed by atoms with van der Waals surface area (Å²) in [5.74, 6) is 0.792. The standard InChI is InChI=1S/C19H19F2N3.C5H10O/c1-4-5-14(15-7-13(8-22)11(2)6-12(15)3)16-9-24-10-17(23)18(16)19(20)21;1-4-2-5(6)3-4/h5-7,9-10,19H,4,23H2,1-3H3;4-6H,2-3H2,1H3/b14-5+;. The van der Waals surface area contributed by atoms with Crippen LogP contribution in [0.15, 0.2) is 30.6 Å². The van der Waals surface area contributed by atoms with E-state index in [-0.39, 0.29) is 17.4 Å². The summed E-state index contributed by atoms with van der Waals surface area (Å²) in [5, 5.41) is 17.9. The number of aliphatic hydroxyl groups excluding tert-OH is 1. The molecule has 1 fully saturated rings. The SMILES string of the molecule is CC/C=C(\c1cc(C#N)c(C)cc1C)c1cncc(N)c1C(F)F.CC1CC(O)C1. The number of allylic oxidation sites excluding steroid dienone is 1. The Kier molecular flexibility index (Phi) is 8.08. The van der Waals surface area contributed by atoms with Crippen LogP contribution in [0.5, 0.6) is 0 Å². The number of nitrogens with zero attached hydrogens (tertiary/aromatic N) is 2. The number of nitrogens with two attached hydrogens (primary N) is 1. The Bertz CT molecular complexity index is 952. The summed E-state index contributed by atoms with van der Waals surface area (Å²) in [5.41, 5.74) is 9.45. The molecule has 0 unspecified atom stereocenters. The molecular formula is C24H29F2N3O. The highest BCUT2D eigenvalue weighted by molar-refractivity contribution is 5.85. The van der Waals surface area contributed by atoms with Gasteiger partial charge in [-0.05, 0) is 67.4 Å². The summed E-state index contributed by atoms with van der Waals surface area (Å²) in [4.78, 5) is 3.98. The number of aromatic nitrogens is 1. The number of halogens is 2. The Balaban J connectivity index is 0.000000456. The van der Waals surface area contributed by atoms with Crippen LogP contribution in [0, 0.1) is 31.1 Å². The number of hydrogen-bond acceptors (Lipinski definition) is 4. The smallest absolute Gasteiger partial charge is 0.266 e. The van der Waals surface area contributed by atoms with Gasteiger partial charge in [0.25, 0.3) is 6.43 Å². The Morgan fingerprint density at radius 2 is 1.93 bits per heavy atom. The van der Waals surface area contributed by atoms with Crippen molar-refractivity contribution in [3.63, 3.8) is 0 Å². The molecule has 1 aliphatic carbocycles. The molecule has 160 valence electrons. The number of alkyl halides is 2. The Hall–Kier alpha value is -2.78. The van der Waals surface area contributed by atoms with Crippen LogP contribution in [-0.4, -0.2) is 16.2 Å². The topological polar surface area (TPSA) is 82.9 Å². The first-order valence-corrected chi connectivity index (χ1v) is 10.1. The van der Waals surface area contributed by atoms with Crippen molar-refractivity contribution in [1.82, 2.24) is 4.98 Å². The second-order valence-corrected chi connectivity index (χ2v) is 7.84. The number of aliphatic hydroxyl groups is 1. The molecule has 3 rings (SSSR count). The molecule has 3 N–H and O–H groups in total. The maximum Gasteiger partial charge on any atom is 0.266 e. The van der Waals surface area contributed by atoms with Gasteiger partial charge >= 0.3 is 0 Å². The average Bonchev–Trinajstić information content (AvgIpc) is 2.66. The summed E-state index contributed by atoms with van der Waals surface area (Å²) in [7, 11) is 0. The van der Waals surface area contributed by atoms with E-state index in [1.165, 1.54) is 12.4 Å². The highest BCUT2D eigenvalue weighted by Crippen LogP contribution is 2.36. The van der Waals surface area contributed by atoms with Crippen molar-refractivity contribution < 1.29 is 13.9 Å². The number of nitriles is 1. The molecule has 0 aliphatic heterocycles. The molecule has 0 amide bonds. The minimum Gasteiger partial charge on any atom is -0.397 e. The zero-order valence-corrected chi connectivity index (χ0v) is 17.9. The van der Waals surface area contributed by atoms with Crippen molar-refractivity contribution in [2.45, 2.75) is 59.5 Å². The molecule has 0 atom stereocenters. The fourth-order valence-corrected chi connectivity index (χ4v) is 3.64. The maximum absolute atomic E-state index is 13.5. The van der Waals surface area contributed by atoms with E-state index >= 15 is 0 Å². The number of pyridine rings is 1. The molecule has 4 nitrogen and oxygen atoms in total. The van der Waals surface area contributed by atoms with Gasteiger partial charge in [0.1, 0.15) is 0 Å². The van der Waals surface area contributed by atoms with Gasteiger partial charge in [-0.2, -0.15) is 5.26 Å². The largest absolute Gasteiger partial charge is 0.397 e. The van der Waals surface area contributed by atoms with Crippen LogP contribution in [0.1, 0.15) is 72.9 Å². The number of benzene rings is 1. The normalized spacial score (nSPS) is 18.3. The molecule has 0 saturated heterocycles. The van der Waals surface area contributed by atoms with Crippen LogP contribution in [-0.2, 0) is 0 Å². The lowest BCUT2D eigenvalue weighted by Crippen LogP contribution is -2.25. The molecule has 1 heterocycles. The summed E-state index contributed by atoms with van der Waals surface area (Å²) >= 11 is 0. The van der Waals surface area contributed by atoms with Crippen LogP contribution in [0.4, 0.5) is 14.5 Å². The molecule has 1 saturated carbocycles. The van der Waals surface area contributed by atoms with Gasteiger partial charge in [-0.1, -0.05) is 26.0 Å². The van der Waals surface area contributed by atoms with Gasteiger partial charge in [0, 0.05) is 11.8 Å². The molecule has 6 heteroatoms. The van der Waals surface area contributed by atoms with Crippen LogP contribution in [0.2, 0.25) is 0 Å². The van der Waals surface area contributed by atoms with Gasteiger partial charge in [0.05, 0.1) is 35.2 Å². The number of aryl methyl sites for hydroxylation is 2. The van der Waals surface area contributed by atoms with Gasteiger partial charge < -0.3 is 10.8 Å². The van der Waals surface area contributed by atoms with E-state index in [2.05, 4.69) is 18.0 Å². The molecule has 2 aromatic rings. The number of hydrogen-bond donors (Lipinski definition) is 2. The van der Waals surface area contributed by atoms with Crippen LogP contribution >= 0.6 is 0 Å². The summed E-state index contributed by atoms with van der Waals surface area (Å²) in [6.07, 6.45) is 4.55. The maximum atomic E-state index is 13.5. The van der Waals surface area contributed by atoms with Gasteiger partial charge in [0.2, 0.25) is 0 Å². The minimum atomic E-state index is -2.70. The minimum absolute atomic E-state index is 0.0326. The lowest BCUT2D eigenvalue weighted by Gasteiger charge is -2.27. The lowest BCUT2D eigenvalue weighted by atomic mass is 9.84. The van der Waals surface area contributed by atoms with Crippen LogP contribution in [0.3, 0.4) is 0 Å². The first kappa shape index (κ1) is 23.5. The third kappa shape index (κ3) is 5.43. The van der Waals surface area contributed by atoms with Crippen molar-refractivity contribution in [1.29, 1.82) is 5.26 Å². The first-order valence-electron chi connectivity index (χ1n) is 10.1. The van der Waals surface area contributed by atoms with E-state index in [0.29, 0.717) is 23.1 Å². The quantitative estimate of drug-likeness (QED) is 0.673. The molecule has 30 heavy (non-hydrogen) atoms. The number of nitrogen functional groups attached to an aromatic ring is 1. The number of rotatable bonds is 4. The van der Waals surface area contributed by atoms with Crippen molar-refractivity contribution >= 4 is 11.3 Å². The first-order chi connectivity index (χ1) is 14.2. The second kappa shape index (κ2) is 10.3. The molecule has 1 aromatic heterocycles. The third-order valence-corrected chi connectivity index (χ3v) is 5.27. The van der Waals surface area contributed by atoms with E-state index in [1.807, 2.05) is 32.9 Å². The van der Waals surface area contributed by atoms with Crippen LogP contribution < -0.4 is 5.73 Å².